The Morgan fingerprint density at radius 1 is 1.50 bits per heavy atom. The number of methoxy groups -OCH3 is 1. The number of hydrogen-bond acceptors (Lipinski definition) is 2. The molecule has 0 fully saturated rings. The summed E-state index contributed by atoms with van der Waals surface area (Å²) in [5, 5.41) is 2.77. The third kappa shape index (κ3) is 4.17. The van der Waals surface area contributed by atoms with Crippen molar-refractivity contribution >= 4 is 12.0 Å². The number of rotatable bonds is 5. The van der Waals surface area contributed by atoms with Gasteiger partial charge in [0.15, 0.2) is 0 Å². The minimum absolute atomic E-state index is 0.0651. The molecule has 0 aromatic heterocycles. The van der Waals surface area contributed by atoms with Gasteiger partial charge in [0, 0.05) is 12.6 Å². The van der Waals surface area contributed by atoms with Gasteiger partial charge in [-0.2, -0.15) is 0 Å². The van der Waals surface area contributed by atoms with Crippen molar-refractivity contribution in [1.82, 2.24) is 5.32 Å². The lowest BCUT2D eigenvalue weighted by Crippen LogP contribution is -2.21. The highest BCUT2D eigenvalue weighted by Crippen LogP contribution is 2.13. The van der Waals surface area contributed by atoms with Crippen LogP contribution in [0.5, 0.6) is 5.75 Å². The highest BCUT2D eigenvalue weighted by Gasteiger charge is 1.94. The van der Waals surface area contributed by atoms with Crippen LogP contribution in [0.15, 0.2) is 30.3 Å². The van der Waals surface area contributed by atoms with E-state index in [4.69, 9.17) is 4.74 Å². The number of ether oxygens (including phenoxy) is 1. The third-order valence-corrected chi connectivity index (χ3v) is 2.07. The lowest BCUT2D eigenvalue weighted by Gasteiger charge is -2.00. The molecule has 3 nitrogen and oxygen atoms in total. The van der Waals surface area contributed by atoms with Crippen LogP contribution in [0.2, 0.25) is 0 Å². The van der Waals surface area contributed by atoms with Crippen LogP contribution in [0.3, 0.4) is 0 Å². The van der Waals surface area contributed by atoms with Crippen LogP contribution in [0.1, 0.15) is 18.9 Å². The first-order valence-electron chi connectivity index (χ1n) is 5.36. The molecule has 1 aromatic rings. The van der Waals surface area contributed by atoms with Crippen LogP contribution in [0.4, 0.5) is 0 Å². The first-order chi connectivity index (χ1) is 7.76. The quantitative estimate of drug-likeness (QED) is 0.771. The Labute approximate surface area is 96.1 Å². The van der Waals surface area contributed by atoms with E-state index >= 15 is 0 Å². The smallest absolute Gasteiger partial charge is 0.243 e. The second-order valence-corrected chi connectivity index (χ2v) is 3.40. The zero-order chi connectivity index (χ0) is 11.8. The van der Waals surface area contributed by atoms with Gasteiger partial charge in [-0.05, 0) is 30.2 Å². The highest BCUT2D eigenvalue weighted by atomic mass is 16.5. The Kier molecular flexibility index (Phi) is 5.12. The number of hydrogen-bond donors (Lipinski definition) is 1. The highest BCUT2D eigenvalue weighted by molar-refractivity contribution is 5.91. The van der Waals surface area contributed by atoms with Gasteiger partial charge in [0.2, 0.25) is 5.91 Å². The van der Waals surface area contributed by atoms with Gasteiger partial charge in [-0.3, -0.25) is 4.79 Å². The molecule has 1 aromatic carbocycles. The largest absolute Gasteiger partial charge is 0.497 e. The van der Waals surface area contributed by atoms with Crippen LogP contribution < -0.4 is 10.1 Å². The number of nitrogens with one attached hydrogen (secondary N) is 1. The molecule has 86 valence electrons. The van der Waals surface area contributed by atoms with Gasteiger partial charge in [0.25, 0.3) is 0 Å². The maximum absolute atomic E-state index is 11.3. The van der Waals surface area contributed by atoms with Crippen LogP contribution >= 0.6 is 0 Å². The minimum Gasteiger partial charge on any atom is -0.497 e. The number of amides is 1. The van der Waals surface area contributed by atoms with E-state index in [9.17, 15) is 4.79 Å². The van der Waals surface area contributed by atoms with Gasteiger partial charge in [-0.1, -0.05) is 19.1 Å². The fourth-order valence-corrected chi connectivity index (χ4v) is 1.22. The van der Waals surface area contributed by atoms with Crippen molar-refractivity contribution in [2.24, 2.45) is 0 Å². The predicted molar refractivity (Wildman–Crippen MR) is 65.3 cm³/mol. The summed E-state index contributed by atoms with van der Waals surface area (Å²) in [5.74, 6) is 0.723. The summed E-state index contributed by atoms with van der Waals surface area (Å²) < 4.78 is 5.09. The van der Waals surface area contributed by atoms with Crippen molar-refractivity contribution in [3.63, 3.8) is 0 Å². The molecule has 0 atom stereocenters. The molecule has 0 radical (unpaired) electrons. The monoisotopic (exact) mass is 219 g/mol. The Balaban J connectivity index is 2.58. The Morgan fingerprint density at radius 2 is 2.31 bits per heavy atom. The van der Waals surface area contributed by atoms with Gasteiger partial charge >= 0.3 is 0 Å². The van der Waals surface area contributed by atoms with E-state index < -0.39 is 0 Å². The summed E-state index contributed by atoms with van der Waals surface area (Å²) in [7, 11) is 1.62. The molecule has 0 aliphatic carbocycles. The molecule has 16 heavy (non-hydrogen) atoms. The van der Waals surface area contributed by atoms with Gasteiger partial charge in [-0.15, -0.1) is 0 Å². The number of benzene rings is 1. The molecule has 1 N–H and O–H groups in total. The van der Waals surface area contributed by atoms with Crippen molar-refractivity contribution in [3.8, 4) is 5.75 Å². The molecule has 0 aliphatic rings. The Morgan fingerprint density at radius 3 is 3.00 bits per heavy atom. The molecular formula is C13H17NO2. The normalized spacial score (nSPS) is 10.4. The molecule has 0 unspecified atom stereocenters. The summed E-state index contributed by atoms with van der Waals surface area (Å²) in [6.07, 6.45) is 4.25. The van der Waals surface area contributed by atoms with Crippen molar-refractivity contribution in [1.29, 1.82) is 0 Å². The molecule has 0 saturated heterocycles. The van der Waals surface area contributed by atoms with E-state index in [1.165, 1.54) is 6.08 Å². The van der Waals surface area contributed by atoms with Crippen molar-refractivity contribution < 1.29 is 9.53 Å². The van der Waals surface area contributed by atoms with Gasteiger partial charge in [-0.25, -0.2) is 0 Å². The lowest BCUT2D eigenvalue weighted by molar-refractivity contribution is -0.116. The van der Waals surface area contributed by atoms with E-state index in [0.29, 0.717) is 6.54 Å². The topological polar surface area (TPSA) is 38.3 Å². The van der Waals surface area contributed by atoms with Crippen molar-refractivity contribution in [2.75, 3.05) is 13.7 Å². The lowest BCUT2D eigenvalue weighted by atomic mass is 10.2. The second kappa shape index (κ2) is 6.67. The van der Waals surface area contributed by atoms with E-state index in [2.05, 4.69) is 5.32 Å². The van der Waals surface area contributed by atoms with Gasteiger partial charge in [0.1, 0.15) is 5.75 Å². The fraction of sp³-hybridized carbons (Fsp3) is 0.308. The van der Waals surface area contributed by atoms with Crippen LogP contribution in [0.25, 0.3) is 6.08 Å². The van der Waals surface area contributed by atoms with Gasteiger partial charge < -0.3 is 10.1 Å². The standard InChI is InChI=1S/C13H17NO2/c1-3-9-14-13(15)8-7-11-5-4-6-12(10-11)16-2/h4-8,10H,3,9H2,1-2H3,(H,14,15)/b8-7-. The average Bonchev–Trinajstić information content (AvgIpc) is 2.34. The summed E-state index contributed by atoms with van der Waals surface area (Å²) in [5.41, 5.74) is 0.950. The van der Waals surface area contributed by atoms with Crippen LogP contribution in [0, 0.1) is 0 Å². The van der Waals surface area contributed by atoms with E-state index in [1.54, 1.807) is 13.2 Å². The second-order valence-electron chi connectivity index (χ2n) is 3.40. The molecular weight excluding hydrogens is 202 g/mol. The Bertz CT molecular complexity index is 372. The maximum Gasteiger partial charge on any atom is 0.243 e. The summed E-state index contributed by atoms with van der Waals surface area (Å²) in [4.78, 5) is 11.3. The van der Waals surface area contributed by atoms with Crippen LogP contribution in [-0.2, 0) is 4.79 Å². The molecule has 1 amide bonds. The molecule has 0 spiro atoms. The summed E-state index contributed by atoms with van der Waals surface area (Å²) in [6.45, 7) is 2.73. The first kappa shape index (κ1) is 12.3. The summed E-state index contributed by atoms with van der Waals surface area (Å²) >= 11 is 0. The van der Waals surface area contributed by atoms with Crippen LogP contribution in [-0.4, -0.2) is 19.6 Å². The minimum atomic E-state index is -0.0651. The third-order valence-electron chi connectivity index (χ3n) is 2.07. The van der Waals surface area contributed by atoms with Gasteiger partial charge in [0.05, 0.1) is 7.11 Å². The molecule has 0 heterocycles. The predicted octanol–water partition coefficient (Wildman–Crippen LogP) is 2.23. The maximum atomic E-state index is 11.3. The fourth-order valence-electron chi connectivity index (χ4n) is 1.22. The molecule has 0 bridgehead atoms. The first-order valence-corrected chi connectivity index (χ1v) is 5.36. The van der Waals surface area contributed by atoms with Crippen molar-refractivity contribution in [2.45, 2.75) is 13.3 Å². The molecule has 0 saturated carbocycles. The Hall–Kier alpha value is -1.77. The number of carbonyl (C=O) groups excluding carboxylic acids is 1. The van der Waals surface area contributed by atoms with E-state index in [0.717, 1.165) is 17.7 Å². The number of carbonyl (C=O) groups is 1. The van der Waals surface area contributed by atoms with E-state index in [-0.39, 0.29) is 5.91 Å². The SMILES string of the molecule is CCCNC(=O)/C=C\c1cccc(OC)c1. The molecule has 3 heteroatoms. The summed E-state index contributed by atoms with van der Waals surface area (Å²) in [6, 6.07) is 7.56. The molecule has 1 rings (SSSR count). The zero-order valence-corrected chi connectivity index (χ0v) is 9.69. The van der Waals surface area contributed by atoms with Crippen molar-refractivity contribution in [3.05, 3.63) is 35.9 Å². The molecule has 0 aliphatic heterocycles. The average molecular weight is 219 g/mol. The zero-order valence-electron chi connectivity index (χ0n) is 9.69. The van der Waals surface area contributed by atoms with E-state index in [1.807, 2.05) is 31.2 Å².